The van der Waals surface area contributed by atoms with E-state index in [-0.39, 0.29) is 0 Å². The Morgan fingerprint density at radius 3 is 2.58 bits per heavy atom. The van der Waals surface area contributed by atoms with Crippen molar-refractivity contribution in [3.63, 3.8) is 0 Å². The van der Waals surface area contributed by atoms with Gasteiger partial charge in [-0.05, 0) is 42.8 Å². The molecule has 0 spiro atoms. The predicted octanol–water partition coefficient (Wildman–Crippen LogP) is 4.43. The van der Waals surface area contributed by atoms with Gasteiger partial charge in [0, 0.05) is 28.5 Å². The van der Waals surface area contributed by atoms with Crippen molar-refractivity contribution in [3.8, 4) is 11.3 Å². The molecule has 0 bridgehead atoms. The first kappa shape index (κ1) is 16.8. The van der Waals surface area contributed by atoms with Crippen LogP contribution in [0.25, 0.3) is 16.9 Å². The van der Waals surface area contributed by atoms with Crippen LogP contribution in [0.5, 0.6) is 0 Å². The number of pyridine rings is 1. The highest BCUT2D eigenvalue weighted by Crippen LogP contribution is 2.26. The van der Waals surface area contributed by atoms with Gasteiger partial charge in [0.15, 0.2) is 0 Å². The van der Waals surface area contributed by atoms with Crippen molar-refractivity contribution in [1.82, 2.24) is 9.38 Å². The molecule has 4 rings (SSSR count). The number of benzene rings is 1. The molecule has 26 heavy (non-hydrogen) atoms. The zero-order valence-electron chi connectivity index (χ0n) is 14.1. The first-order chi connectivity index (χ1) is 12.5. The summed E-state index contributed by atoms with van der Waals surface area (Å²) in [7, 11) is -3.55. The molecule has 0 aliphatic heterocycles. The summed E-state index contributed by atoms with van der Waals surface area (Å²) in [5, 5.41) is 0. The Balaban J connectivity index is 1.57. The van der Waals surface area contributed by atoms with Gasteiger partial charge in [0.25, 0.3) is 10.0 Å². The van der Waals surface area contributed by atoms with Crippen molar-refractivity contribution in [2.75, 3.05) is 4.72 Å². The number of fused-ring (bicyclic) bond motifs is 1. The van der Waals surface area contributed by atoms with Crippen molar-refractivity contribution in [1.29, 1.82) is 0 Å². The van der Waals surface area contributed by atoms with Gasteiger partial charge in [-0.25, -0.2) is 13.4 Å². The largest absolute Gasteiger partial charge is 0.306 e. The van der Waals surface area contributed by atoms with Crippen molar-refractivity contribution in [3.05, 3.63) is 71.9 Å². The number of aryl methyl sites for hydroxylation is 1. The van der Waals surface area contributed by atoms with Crippen LogP contribution in [0.2, 0.25) is 0 Å². The fraction of sp³-hybridized carbons (Fsp3) is 0.105. The van der Waals surface area contributed by atoms with Crippen molar-refractivity contribution >= 4 is 32.7 Å². The second-order valence-electron chi connectivity index (χ2n) is 5.85. The molecule has 0 fully saturated rings. The molecule has 1 N–H and O–H groups in total. The molecule has 0 aliphatic carbocycles. The topological polar surface area (TPSA) is 63.5 Å². The average molecular weight is 383 g/mol. The van der Waals surface area contributed by atoms with Crippen molar-refractivity contribution < 1.29 is 8.42 Å². The van der Waals surface area contributed by atoms with Crippen molar-refractivity contribution in [2.24, 2.45) is 0 Å². The molecule has 3 aromatic heterocycles. The smallest absolute Gasteiger partial charge is 0.271 e. The second kappa shape index (κ2) is 6.59. The molecular formula is C19H17N3O2S2. The molecule has 0 unspecified atom stereocenters. The fourth-order valence-corrected chi connectivity index (χ4v) is 5.03. The van der Waals surface area contributed by atoms with Crippen LogP contribution in [0.1, 0.15) is 11.8 Å². The molecule has 0 aliphatic rings. The van der Waals surface area contributed by atoms with Gasteiger partial charge < -0.3 is 4.40 Å². The van der Waals surface area contributed by atoms with E-state index in [4.69, 9.17) is 0 Å². The monoisotopic (exact) mass is 383 g/mol. The summed E-state index contributed by atoms with van der Waals surface area (Å²) in [6.45, 7) is 2.01. The Morgan fingerprint density at radius 2 is 1.88 bits per heavy atom. The summed E-state index contributed by atoms with van der Waals surface area (Å²) < 4.78 is 29.9. The highest BCUT2D eigenvalue weighted by molar-refractivity contribution is 7.94. The molecule has 1 aromatic carbocycles. The Bertz CT molecular complexity index is 1130. The molecule has 7 heteroatoms. The maximum absolute atomic E-state index is 12.5. The zero-order valence-corrected chi connectivity index (χ0v) is 15.7. The van der Waals surface area contributed by atoms with E-state index in [1.54, 1.807) is 18.2 Å². The van der Waals surface area contributed by atoms with E-state index in [9.17, 15) is 8.42 Å². The first-order valence-corrected chi connectivity index (χ1v) is 10.5. The van der Waals surface area contributed by atoms with E-state index in [0.29, 0.717) is 9.90 Å². The van der Waals surface area contributed by atoms with Gasteiger partial charge in [0.1, 0.15) is 9.86 Å². The number of aromatic nitrogens is 2. The van der Waals surface area contributed by atoms with E-state index in [1.807, 2.05) is 60.1 Å². The molecule has 0 amide bonds. The lowest BCUT2D eigenvalue weighted by atomic mass is 10.1. The summed E-state index contributed by atoms with van der Waals surface area (Å²) in [6, 6.07) is 16.6. The lowest BCUT2D eigenvalue weighted by Crippen LogP contribution is -2.11. The van der Waals surface area contributed by atoms with Gasteiger partial charge in [-0.1, -0.05) is 25.1 Å². The number of imidazole rings is 1. The second-order valence-corrected chi connectivity index (χ2v) is 8.93. The van der Waals surface area contributed by atoms with Crippen LogP contribution in [0.4, 0.5) is 5.69 Å². The summed E-state index contributed by atoms with van der Waals surface area (Å²) >= 11 is 1.30. The number of sulfonamides is 1. The molecule has 0 saturated carbocycles. The van der Waals surface area contributed by atoms with Crippen LogP contribution in [-0.4, -0.2) is 17.8 Å². The summed E-state index contributed by atoms with van der Waals surface area (Å²) in [5.74, 6) is 0. The lowest BCUT2D eigenvalue weighted by Gasteiger charge is -2.06. The highest BCUT2D eigenvalue weighted by Gasteiger charge is 2.16. The minimum atomic E-state index is -3.55. The third-order valence-electron chi connectivity index (χ3n) is 4.05. The van der Waals surface area contributed by atoms with Crippen LogP contribution < -0.4 is 4.72 Å². The Kier molecular flexibility index (Phi) is 4.26. The maximum atomic E-state index is 12.5. The summed E-state index contributed by atoms with van der Waals surface area (Å²) in [5.41, 5.74) is 3.18. The molecule has 132 valence electrons. The van der Waals surface area contributed by atoms with Crippen LogP contribution in [0, 0.1) is 0 Å². The molecule has 5 nitrogen and oxygen atoms in total. The Labute approximate surface area is 156 Å². The number of nitrogens with one attached hydrogen (secondary N) is 1. The number of hydrogen-bond donors (Lipinski definition) is 1. The van der Waals surface area contributed by atoms with Gasteiger partial charge in [0.05, 0.1) is 5.69 Å². The third kappa shape index (κ3) is 3.23. The van der Waals surface area contributed by atoms with E-state index in [2.05, 4.69) is 9.71 Å². The maximum Gasteiger partial charge on any atom is 0.271 e. The van der Waals surface area contributed by atoms with E-state index in [1.165, 1.54) is 11.3 Å². The molecular weight excluding hydrogens is 366 g/mol. The number of hydrogen-bond acceptors (Lipinski definition) is 4. The van der Waals surface area contributed by atoms with Gasteiger partial charge in [0.2, 0.25) is 0 Å². The van der Waals surface area contributed by atoms with Gasteiger partial charge in [-0.15, -0.1) is 11.3 Å². The minimum Gasteiger partial charge on any atom is -0.306 e. The summed E-state index contributed by atoms with van der Waals surface area (Å²) in [4.78, 5) is 5.62. The quantitative estimate of drug-likeness (QED) is 0.555. The molecule has 0 saturated heterocycles. The summed E-state index contributed by atoms with van der Waals surface area (Å²) in [6.07, 6.45) is 4.72. The predicted molar refractivity (Wildman–Crippen MR) is 105 cm³/mol. The van der Waals surface area contributed by atoms with Crippen LogP contribution in [-0.2, 0) is 16.4 Å². The van der Waals surface area contributed by atoms with Crippen LogP contribution in [0.15, 0.2) is 71.2 Å². The van der Waals surface area contributed by atoms with Crippen LogP contribution in [0.3, 0.4) is 0 Å². The minimum absolute atomic E-state index is 0.332. The zero-order chi connectivity index (χ0) is 18.1. The standard InChI is InChI=1S/C19H17N3O2S2/c1-2-16-10-11-19(25-16)26(23,24)21-15-8-6-14(7-9-15)17-13-22-12-4-3-5-18(22)20-17/h3-13,21H,2H2,1H3. The number of nitrogens with zero attached hydrogens (tertiary/aromatic N) is 2. The molecule has 3 heterocycles. The average Bonchev–Trinajstić information content (AvgIpc) is 3.29. The molecule has 0 radical (unpaired) electrons. The third-order valence-corrected chi connectivity index (χ3v) is 7.15. The van der Waals surface area contributed by atoms with Crippen molar-refractivity contribution in [2.45, 2.75) is 17.6 Å². The Morgan fingerprint density at radius 1 is 1.08 bits per heavy atom. The van der Waals surface area contributed by atoms with E-state index >= 15 is 0 Å². The fourth-order valence-electron chi connectivity index (χ4n) is 2.68. The Hall–Kier alpha value is -2.64. The first-order valence-electron chi connectivity index (χ1n) is 8.21. The van der Waals surface area contributed by atoms with E-state index in [0.717, 1.165) is 28.2 Å². The SMILES string of the molecule is CCc1ccc(S(=O)(=O)Nc2ccc(-c3cn4ccccc4n3)cc2)s1. The number of rotatable bonds is 5. The number of anilines is 1. The molecule has 4 aromatic rings. The number of thiophene rings is 1. The highest BCUT2D eigenvalue weighted by atomic mass is 32.2. The molecule has 0 atom stereocenters. The lowest BCUT2D eigenvalue weighted by molar-refractivity contribution is 0.603. The normalized spacial score (nSPS) is 11.7. The van der Waals surface area contributed by atoms with Gasteiger partial charge in [-0.2, -0.15) is 0 Å². The van der Waals surface area contributed by atoms with E-state index < -0.39 is 10.0 Å². The van der Waals surface area contributed by atoms with Crippen LogP contribution >= 0.6 is 11.3 Å². The van der Waals surface area contributed by atoms with Gasteiger partial charge >= 0.3 is 0 Å². The van der Waals surface area contributed by atoms with Gasteiger partial charge in [-0.3, -0.25) is 4.72 Å².